The van der Waals surface area contributed by atoms with Gasteiger partial charge < -0.3 is 9.47 Å². The van der Waals surface area contributed by atoms with Gasteiger partial charge in [-0.2, -0.15) is 0 Å². The van der Waals surface area contributed by atoms with Gasteiger partial charge in [-0.05, 0) is 42.0 Å². The van der Waals surface area contributed by atoms with Crippen LogP contribution in [0.2, 0.25) is 5.02 Å². The Balaban J connectivity index is 1.92. The molecule has 0 aliphatic heterocycles. The molecular formula is C17H13ClO3. The van der Waals surface area contributed by atoms with Crippen molar-refractivity contribution in [3.8, 4) is 18.1 Å². The number of ether oxygens (including phenoxy) is 2. The van der Waals surface area contributed by atoms with Gasteiger partial charge in [-0.25, -0.2) is 4.79 Å². The summed E-state index contributed by atoms with van der Waals surface area (Å²) in [4.78, 5) is 11.6. The van der Waals surface area contributed by atoms with Crippen LogP contribution in [0.3, 0.4) is 0 Å². The Morgan fingerprint density at radius 3 is 2.38 bits per heavy atom. The average Bonchev–Trinajstić information content (AvgIpc) is 2.52. The molecule has 0 saturated carbocycles. The second-order valence-corrected chi connectivity index (χ2v) is 4.66. The number of rotatable bonds is 5. The van der Waals surface area contributed by atoms with Gasteiger partial charge in [-0.3, -0.25) is 0 Å². The quantitative estimate of drug-likeness (QED) is 0.624. The summed E-state index contributed by atoms with van der Waals surface area (Å²) in [6.07, 6.45) is 5.03. The van der Waals surface area contributed by atoms with Crippen LogP contribution in [-0.4, -0.2) is 12.6 Å². The minimum absolute atomic E-state index is 0.0341. The molecule has 0 amide bonds. The molecule has 2 aromatic carbocycles. The zero-order valence-electron chi connectivity index (χ0n) is 11.2. The Bertz CT molecular complexity index is 639. The summed E-state index contributed by atoms with van der Waals surface area (Å²) >= 11 is 5.82. The van der Waals surface area contributed by atoms with Crippen LogP contribution in [0.15, 0.2) is 48.5 Å². The van der Waals surface area contributed by atoms with Crippen LogP contribution in [0.4, 0.5) is 0 Å². The Morgan fingerprint density at radius 2 is 1.76 bits per heavy atom. The molecule has 0 aliphatic rings. The summed E-state index contributed by atoms with van der Waals surface area (Å²) in [6.45, 7) is 0.395. The second kappa shape index (κ2) is 7.37. The van der Waals surface area contributed by atoms with E-state index in [1.807, 2.05) is 24.3 Å². The molecule has 2 aromatic rings. The van der Waals surface area contributed by atoms with Crippen molar-refractivity contribution < 1.29 is 14.3 Å². The Kier molecular flexibility index (Phi) is 5.25. The van der Waals surface area contributed by atoms with Crippen molar-refractivity contribution in [1.82, 2.24) is 0 Å². The summed E-state index contributed by atoms with van der Waals surface area (Å²) in [5.41, 5.74) is 1.45. The van der Waals surface area contributed by atoms with Crippen LogP contribution in [0, 0.1) is 12.3 Å². The number of halogens is 1. The van der Waals surface area contributed by atoms with E-state index in [-0.39, 0.29) is 6.61 Å². The molecule has 0 aliphatic carbocycles. The molecule has 0 atom stereocenters. The first kappa shape index (κ1) is 15.0. The van der Waals surface area contributed by atoms with Crippen molar-refractivity contribution in [2.75, 3.05) is 6.61 Å². The highest BCUT2D eigenvalue weighted by Crippen LogP contribution is 2.16. The molecule has 0 unspecified atom stereocenters. The Morgan fingerprint density at radius 1 is 1.10 bits per heavy atom. The Labute approximate surface area is 128 Å². The van der Waals surface area contributed by atoms with Crippen molar-refractivity contribution in [3.63, 3.8) is 0 Å². The monoisotopic (exact) mass is 300 g/mol. The molecule has 0 N–H and O–H groups in total. The first-order chi connectivity index (χ1) is 10.2. The zero-order valence-corrected chi connectivity index (χ0v) is 12.0. The highest BCUT2D eigenvalue weighted by molar-refractivity contribution is 6.30. The van der Waals surface area contributed by atoms with Crippen molar-refractivity contribution in [2.45, 2.75) is 6.61 Å². The smallest absolute Gasteiger partial charge is 0.339 e. The van der Waals surface area contributed by atoms with Gasteiger partial charge in [0.2, 0.25) is 0 Å². The summed E-state index contributed by atoms with van der Waals surface area (Å²) in [5, 5.41) is 0.689. The van der Waals surface area contributed by atoms with Crippen molar-refractivity contribution in [1.29, 1.82) is 0 Å². The Hall–Kier alpha value is -2.44. The maximum atomic E-state index is 11.6. The van der Waals surface area contributed by atoms with Crippen LogP contribution in [0.1, 0.15) is 15.9 Å². The van der Waals surface area contributed by atoms with E-state index in [9.17, 15) is 4.79 Å². The third kappa shape index (κ3) is 4.55. The molecule has 2 rings (SSSR count). The first-order valence-electron chi connectivity index (χ1n) is 6.27. The molecule has 0 saturated heterocycles. The number of hydrogen-bond donors (Lipinski definition) is 0. The van der Waals surface area contributed by atoms with Crippen LogP contribution >= 0.6 is 11.6 Å². The van der Waals surface area contributed by atoms with E-state index in [1.165, 1.54) is 0 Å². The van der Waals surface area contributed by atoms with Gasteiger partial charge in [0.25, 0.3) is 0 Å². The van der Waals surface area contributed by atoms with Crippen LogP contribution in [0.25, 0.3) is 0 Å². The SMILES string of the molecule is C#CCOC(=O)c1ccc(OCc2ccc(Cl)cc2)cc1. The number of esters is 1. The molecule has 0 bridgehead atoms. The number of benzene rings is 2. The van der Waals surface area contributed by atoms with E-state index in [1.54, 1.807) is 24.3 Å². The molecule has 0 spiro atoms. The fraction of sp³-hybridized carbons (Fsp3) is 0.118. The predicted octanol–water partition coefficient (Wildman–Crippen LogP) is 3.71. The molecule has 0 aromatic heterocycles. The number of hydrogen-bond acceptors (Lipinski definition) is 3. The van der Waals surface area contributed by atoms with E-state index >= 15 is 0 Å². The zero-order chi connectivity index (χ0) is 15.1. The first-order valence-corrected chi connectivity index (χ1v) is 6.65. The lowest BCUT2D eigenvalue weighted by Gasteiger charge is -2.07. The standard InChI is InChI=1S/C17H13ClO3/c1-2-11-20-17(19)14-5-9-16(10-6-14)21-12-13-3-7-15(18)8-4-13/h1,3-10H,11-12H2. The van der Waals surface area contributed by atoms with Gasteiger partial charge in [0, 0.05) is 5.02 Å². The lowest BCUT2D eigenvalue weighted by atomic mass is 10.2. The maximum absolute atomic E-state index is 11.6. The fourth-order valence-electron chi connectivity index (χ4n) is 1.63. The predicted molar refractivity (Wildman–Crippen MR) is 81.3 cm³/mol. The van der Waals surface area contributed by atoms with Gasteiger partial charge >= 0.3 is 5.97 Å². The van der Waals surface area contributed by atoms with Crippen LogP contribution < -0.4 is 4.74 Å². The van der Waals surface area contributed by atoms with Gasteiger partial charge in [-0.15, -0.1) is 6.42 Å². The van der Waals surface area contributed by atoms with Gasteiger partial charge in [0.05, 0.1) is 5.56 Å². The van der Waals surface area contributed by atoms with Crippen molar-refractivity contribution >= 4 is 17.6 Å². The molecule has 21 heavy (non-hydrogen) atoms. The number of carbonyl (C=O) groups excluding carboxylic acids is 1. The highest BCUT2D eigenvalue weighted by atomic mass is 35.5. The molecule has 4 heteroatoms. The van der Waals surface area contributed by atoms with Gasteiger partial charge in [0.1, 0.15) is 12.4 Å². The van der Waals surface area contributed by atoms with Crippen LogP contribution in [0.5, 0.6) is 5.75 Å². The third-order valence-corrected chi connectivity index (χ3v) is 2.95. The van der Waals surface area contributed by atoms with E-state index in [0.717, 1.165) is 5.56 Å². The molecule has 0 radical (unpaired) electrons. The van der Waals surface area contributed by atoms with Gasteiger partial charge in [0.15, 0.2) is 6.61 Å². The highest BCUT2D eigenvalue weighted by Gasteiger charge is 2.06. The molecule has 106 valence electrons. The summed E-state index contributed by atoms with van der Waals surface area (Å²) in [7, 11) is 0. The second-order valence-electron chi connectivity index (χ2n) is 4.22. The van der Waals surface area contributed by atoms with Crippen molar-refractivity contribution in [3.05, 3.63) is 64.7 Å². The van der Waals surface area contributed by atoms with Crippen LogP contribution in [-0.2, 0) is 11.3 Å². The minimum atomic E-state index is -0.447. The summed E-state index contributed by atoms with van der Waals surface area (Å²) in [6, 6.07) is 14.1. The summed E-state index contributed by atoms with van der Waals surface area (Å²) in [5.74, 6) is 2.46. The minimum Gasteiger partial charge on any atom is -0.489 e. The lowest BCUT2D eigenvalue weighted by molar-refractivity contribution is 0.0556. The maximum Gasteiger partial charge on any atom is 0.339 e. The average molecular weight is 301 g/mol. The van der Waals surface area contributed by atoms with E-state index in [2.05, 4.69) is 5.92 Å². The lowest BCUT2D eigenvalue weighted by Crippen LogP contribution is -2.05. The fourth-order valence-corrected chi connectivity index (χ4v) is 1.75. The van der Waals surface area contributed by atoms with Crippen molar-refractivity contribution in [2.24, 2.45) is 0 Å². The molecule has 0 fully saturated rings. The van der Waals surface area contributed by atoms with E-state index < -0.39 is 5.97 Å². The van der Waals surface area contributed by atoms with E-state index in [4.69, 9.17) is 27.5 Å². The number of carbonyl (C=O) groups is 1. The molecule has 3 nitrogen and oxygen atoms in total. The number of terminal acetylenes is 1. The van der Waals surface area contributed by atoms with E-state index in [0.29, 0.717) is 22.9 Å². The normalized spacial score (nSPS) is 9.71. The third-order valence-electron chi connectivity index (χ3n) is 2.70. The molecular weight excluding hydrogens is 288 g/mol. The summed E-state index contributed by atoms with van der Waals surface area (Å²) < 4.78 is 10.4. The van der Waals surface area contributed by atoms with Gasteiger partial charge in [-0.1, -0.05) is 29.7 Å². The molecule has 0 heterocycles. The largest absolute Gasteiger partial charge is 0.489 e. The topological polar surface area (TPSA) is 35.5 Å².